The summed E-state index contributed by atoms with van der Waals surface area (Å²) >= 11 is 0. The highest BCUT2D eigenvalue weighted by Gasteiger charge is 2.93. The van der Waals surface area contributed by atoms with Gasteiger partial charge in [-0.15, -0.1) is 0 Å². The van der Waals surface area contributed by atoms with Crippen molar-refractivity contribution < 1.29 is 14.6 Å². The number of carboxylic acid groups (broad SMARTS) is 1. The van der Waals surface area contributed by atoms with E-state index in [1.54, 1.807) is 6.07 Å². The minimum absolute atomic E-state index is 0.130. The van der Waals surface area contributed by atoms with Crippen LogP contribution in [0, 0.1) is 11.8 Å². The van der Waals surface area contributed by atoms with Gasteiger partial charge < -0.3 is 9.84 Å². The Morgan fingerprint density at radius 2 is 2.47 bits per heavy atom. The molecular formula is C12H14N2O3. The molecule has 5 nitrogen and oxygen atoms in total. The van der Waals surface area contributed by atoms with Gasteiger partial charge in [-0.05, 0) is 19.9 Å². The van der Waals surface area contributed by atoms with Crippen LogP contribution in [0.2, 0.25) is 0 Å². The quantitative estimate of drug-likeness (QED) is 0.849. The van der Waals surface area contributed by atoms with Crippen molar-refractivity contribution >= 4 is 5.97 Å². The van der Waals surface area contributed by atoms with E-state index < -0.39 is 5.97 Å². The van der Waals surface area contributed by atoms with Gasteiger partial charge >= 0.3 is 5.97 Å². The third-order valence-electron chi connectivity index (χ3n) is 4.52. The number of hydrogen-bond acceptors (Lipinski definition) is 3. The lowest BCUT2D eigenvalue weighted by molar-refractivity contribution is 0.0689. The van der Waals surface area contributed by atoms with Gasteiger partial charge in [0.25, 0.3) is 0 Å². The molecule has 17 heavy (non-hydrogen) atoms. The molecule has 1 N–H and O–H groups in total. The van der Waals surface area contributed by atoms with Crippen molar-refractivity contribution in [2.45, 2.75) is 31.4 Å². The van der Waals surface area contributed by atoms with Gasteiger partial charge in [-0.1, -0.05) is 0 Å². The number of carboxylic acids is 1. The number of hydrogen-bond donors (Lipinski definition) is 1. The first-order valence-corrected chi connectivity index (χ1v) is 6.03. The monoisotopic (exact) mass is 234 g/mol. The summed E-state index contributed by atoms with van der Waals surface area (Å²) < 4.78 is 7.50. The Bertz CT molecular complexity index is 512. The molecule has 2 aliphatic carbocycles. The zero-order chi connectivity index (χ0) is 11.9. The van der Waals surface area contributed by atoms with E-state index in [4.69, 9.17) is 9.84 Å². The highest BCUT2D eigenvalue weighted by molar-refractivity contribution is 5.85. The molecule has 1 aromatic heterocycles. The van der Waals surface area contributed by atoms with Gasteiger partial charge in [0.1, 0.15) is 0 Å². The number of rotatable bonds is 3. The lowest BCUT2D eigenvalue weighted by atomic mass is 10.0. The van der Waals surface area contributed by atoms with Crippen LogP contribution in [0.15, 0.2) is 6.07 Å². The minimum atomic E-state index is -0.951. The van der Waals surface area contributed by atoms with Crippen LogP contribution in [0.1, 0.15) is 36.1 Å². The van der Waals surface area contributed by atoms with E-state index in [-0.39, 0.29) is 17.2 Å². The summed E-state index contributed by atoms with van der Waals surface area (Å²) in [6.45, 7) is 4.89. The number of carbonyl (C=O) groups is 1. The molecule has 4 atom stereocenters. The van der Waals surface area contributed by atoms with Gasteiger partial charge in [0.05, 0.1) is 12.7 Å². The van der Waals surface area contributed by atoms with Gasteiger partial charge in [0.15, 0.2) is 5.69 Å². The fourth-order valence-electron chi connectivity index (χ4n) is 3.63. The summed E-state index contributed by atoms with van der Waals surface area (Å²) in [4.78, 5) is 11.0. The molecule has 0 aromatic carbocycles. The van der Waals surface area contributed by atoms with Gasteiger partial charge in [0.2, 0.25) is 0 Å². The number of fused-ring (bicyclic) bond motifs is 1. The first-order chi connectivity index (χ1) is 8.08. The van der Waals surface area contributed by atoms with Crippen LogP contribution < -0.4 is 0 Å². The molecule has 4 aliphatic rings. The minimum Gasteiger partial charge on any atom is -0.476 e. The zero-order valence-electron chi connectivity index (χ0n) is 9.75. The topological polar surface area (TPSA) is 64.4 Å². The van der Waals surface area contributed by atoms with Crippen LogP contribution in [-0.2, 0) is 10.2 Å². The first kappa shape index (κ1) is 9.65. The Kier molecular flexibility index (Phi) is 1.45. The highest BCUT2D eigenvalue weighted by atomic mass is 16.5. The molecule has 0 spiro atoms. The lowest BCUT2D eigenvalue weighted by Crippen LogP contribution is -2.16. The van der Waals surface area contributed by atoms with E-state index in [0.29, 0.717) is 17.9 Å². The first-order valence-electron chi connectivity index (χ1n) is 6.03. The SMILES string of the molecule is CC(C)n1nc(C(=O)O)cc1C12C3COC1C32. The third kappa shape index (κ3) is 0.877. The van der Waals surface area contributed by atoms with Crippen LogP contribution in [0.25, 0.3) is 0 Å². The van der Waals surface area contributed by atoms with Crippen molar-refractivity contribution in [3.63, 3.8) is 0 Å². The molecule has 3 heterocycles. The van der Waals surface area contributed by atoms with Crippen LogP contribution in [-0.4, -0.2) is 33.6 Å². The molecule has 2 bridgehead atoms. The van der Waals surface area contributed by atoms with E-state index in [9.17, 15) is 4.79 Å². The lowest BCUT2D eigenvalue weighted by Gasteiger charge is -2.13. The summed E-state index contributed by atoms with van der Waals surface area (Å²) in [5.74, 6) is 0.301. The van der Waals surface area contributed by atoms with Crippen molar-refractivity contribution in [1.82, 2.24) is 9.78 Å². The summed E-state index contributed by atoms with van der Waals surface area (Å²) in [6, 6.07) is 1.93. The van der Waals surface area contributed by atoms with E-state index in [2.05, 4.69) is 5.10 Å². The molecule has 4 fully saturated rings. The fraction of sp³-hybridized carbons (Fsp3) is 0.667. The molecule has 0 radical (unpaired) electrons. The van der Waals surface area contributed by atoms with Gasteiger partial charge in [0, 0.05) is 29.0 Å². The molecule has 2 saturated carbocycles. The van der Waals surface area contributed by atoms with Crippen molar-refractivity contribution in [3.8, 4) is 0 Å². The second-order valence-corrected chi connectivity index (χ2v) is 5.58. The predicted molar refractivity (Wildman–Crippen MR) is 58.0 cm³/mol. The second kappa shape index (κ2) is 2.56. The van der Waals surface area contributed by atoms with E-state index in [1.807, 2.05) is 18.5 Å². The summed E-state index contributed by atoms with van der Waals surface area (Å²) in [6.07, 6.45) is 0.336. The summed E-state index contributed by atoms with van der Waals surface area (Å²) in [5.41, 5.74) is 1.35. The Hall–Kier alpha value is -1.36. The van der Waals surface area contributed by atoms with Crippen LogP contribution >= 0.6 is 0 Å². The maximum absolute atomic E-state index is 11.0. The van der Waals surface area contributed by atoms with Gasteiger partial charge in [-0.3, -0.25) is 4.68 Å². The molecule has 0 amide bonds. The van der Waals surface area contributed by atoms with Gasteiger partial charge in [-0.2, -0.15) is 5.10 Å². The predicted octanol–water partition coefficient (Wildman–Crippen LogP) is 1.06. The fourth-order valence-corrected chi connectivity index (χ4v) is 3.63. The maximum Gasteiger partial charge on any atom is 0.356 e. The highest BCUT2D eigenvalue weighted by Crippen LogP contribution is 2.84. The summed E-state index contributed by atoms with van der Waals surface area (Å²) in [7, 11) is 0. The second-order valence-electron chi connectivity index (χ2n) is 5.58. The summed E-state index contributed by atoms with van der Waals surface area (Å²) in [5, 5.41) is 13.2. The smallest absolute Gasteiger partial charge is 0.356 e. The van der Waals surface area contributed by atoms with Crippen molar-refractivity contribution in [2.24, 2.45) is 11.8 Å². The van der Waals surface area contributed by atoms with Crippen LogP contribution in [0.3, 0.4) is 0 Å². The normalized spacial score (nSPS) is 40.5. The molecule has 1 aromatic rings. The third-order valence-corrected chi connectivity index (χ3v) is 4.52. The average molecular weight is 234 g/mol. The number of aromatic carboxylic acids is 1. The molecule has 2 aliphatic heterocycles. The molecule has 5 rings (SSSR count). The largest absolute Gasteiger partial charge is 0.476 e. The van der Waals surface area contributed by atoms with Crippen molar-refractivity contribution in [3.05, 3.63) is 17.5 Å². The van der Waals surface area contributed by atoms with Gasteiger partial charge in [-0.25, -0.2) is 4.79 Å². The number of ether oxygens (including phenoxy) is 1. The number of aromatic nitrogens is 2. The molecule has 4 unspecified atom stereocenters. The van der Waals surface area contributed by atoms with Crippen LogP contribution in [0.5, 0.6) is 0 Å². The van der Waals surface area contributed by atoms with E-state index >= 15 is 0 Å². The molecule has 5 heteroatoms. The molecule has 2 saturated heterocycles. The Labute approximate surface area is 98.4 Å². The Balaban J connectivity index is 1.82. The van der Waals surface area contributed by atoms with Crippen molar-refractivity contribution in [2.75, 3.05) is 6.61 Å². The number of nitrogens with zero attached hydrogens (tertiary/aromatic N) is 2. The zero-order valence-corrected chi connectivity index (χ0v) is 9.75. The van der Waals surface area contributed by atoms with E-state index in [0.717, 1.165) is 12.3 Å². The molecule has 90 valence electrons. The van der Waals surface area contributed by atoms with Crippen molar-refractivity contribution in [1.29, 1.82) is 0 Å². The van der Waals surface area contributed by atoms with Crippen LogP contribution in [0.4, 0.5) is 0 Å². The average Bonchev–Trinajstić information content (AvgIpc) is 2.89. The Morgan fingerprint density at radius 3 is 2.94 bits per heavy atom. The van der Waals surface area contributed by atoms with E-state index in [1.165, 1.54) is 0 Å². The Morgan fingerprint density at radius 1 is 1.71 bits per heavy atom. The maximum atomic E-state index is 11.0. The standard InChI is InChI=1S/C12H14N2O3/c1-5(2)14-8(3-7(13-14)11(15)16)12-6-4-17-10(12)9(6)12/h3,5-6,9-10H,4H2,1-2H3,(H,15,16). The molecular weight excluding hydrogens is 220 g/mol.